The van der Waals surface area contributed by atoms with E-state index in [2.05, 4.69) is 0 Å². The van der Waals surface area contributed by atoms with Crippen LogP contribution < -0.4 is 4.18 Å². The molecule has 0 fully saturated rings. The van der Waals surface area contributed by atoms with Gasteiger partial charge in [-0.15, -0.1) is 0 Å². The van der Waals surface area contributed by atoms with Crippen molar-refractivity contribution in [3.63, 3.8) is 0 Å². The van der Waals surface area contributed by atoms with E-state index in [1.165, 1.54) is 37.3 Å². The Bertz CT molecular complexity index is 824. The highest BCUT2D eigenvalue weighted by molar-refractivity contribution is 7.87. The van der Waals surface area contributed by atoms with Gasteiger partial charge in [0.2, 0.25) is 0 Å². The van der Waals surface area contributed by atoms with Gasteiger partial charge in [0, 0.05) is 10.6 Å². The molecule has 0 saturated carbocycles. The molecular formula is C14H9Cl3O4S. The van der Waals surface area contributed by atoms with Gasteiger partial charge in [-0.25, -0.2) is 0 Å². The van der Waals surface area contributed by atoms with E-state index in [0.29, 0.717) is 5.56 Å². The lowest BCUT2D eigenvalue weighted by Gasteiger charge is -2.11. The third-order valence-electron chi connectivity index (χ3n) is 2.66. The molecule has 2 aromatic rings. The van der Waals surface area contributed by atoms with Gasteiger partial charge in [0.25, 0.3) is 0 Å². The molecule has 2 aromatic carbocycles. The summed E-state index contributed by atoms with van der Waals surface area (Å²) in [7, 11) is -4.27. The monoisotopic (exact) mass is 378 g/mol. The molecule has 22 heavy (non-hydrogen) atoms. The number of ketones is 1. The average Bonchev–Trinajstić information content (AvgIpc) is 2.36. The molecule has 0 N–H and O–H groups in total. The van der Waals surface area contributed by atoms with Crippen LogP contribution in [0.15, 0.2) is 41.3 Å². The summed E-state index contributed by atoms with van der Waals surface area (Å²) in [5, 5.41) is -0.104. The highest BCUT2D eigenvalue weighted by atomic mass is 35.5. The Kier molecular flexibility index (Phi) is 5.02. The van der Waals surface area contributed by atoms with E-state index in [0.717, 1.165) is 0 Å². The fourth-order valence-corrected chi connectivity index (χ4v) is 4.12. The van der Waals surface area contributed by atoms with Crippen LogP contribution in [0.4, 0.5) is 0 Å². The van der Waals surface area contributed by atoms with E-state index in [9.17, 15) is 13.2 Å². The zero-order chi connectivity index (χ0) is 16.5. The molecule has 2 rings (SSSR count). The SMILES string of the molecule is CC(=O)c1cccc(OS(=O)(=O)c2c(Cl)cc(Cl)cc2Cl)c1. The van der Waals surface area contributed by atoms with Crippen LogP contribution in [0.1, 0.15) is 17.3 Å². The number of carbonyl (C=O) groups is 1. The number of halogens is 3. The first-order chi connectivity index (χ1) is 10.2. The van der Waals surface area contributed by atoms with Gasteiger partial charge in [0.05, 0.1) is 10.0 Å². The lowest BCUT2D eigenvalue weighted by Crippen LogP contribution is -2.11. The number of hydrogen-bond donors (Lipinski definition) is 0. The van der Waals surface area contributed by atoms with Gasteiger partial charge in [-0.3, -0.25) is 4.79 Å². The van der Waals surface area contributed by atoms with Crippen LogP contribution in [0.5, 0.6) is 5.75 Å². The third kappa shape index (κ3) is 3.73. The van der Waals surface area contributed by atoms with Crippen molar-refractivity contribution in [1.29, 1.82) is 0 Å². The van der Waals surface area contributed by atoms with Crippen molar-refractivity contribution in [2.75, 3.05) is 0 Å². The molecular weight excluding hydrogens is 371 g/mol. The summed E-state index contributed by atoms with van der Waals surface area (Å²) in [5.41, 5.74) is 0.320. The van der Waals surface area contributed by atoms with Gasteiger partial charge in [-0.1, -0.05) is 46.9 Å². The van der Waals surface area contributed by atoms with Crippen LogP contribution in [0.3, 0.4) is 0 Å². The van der Waals surface area contributed by atoms with Gasteiger partial charge in [-0.2, -0.15) is 8.42 Å². The van der Waals surface area contributed by atoms with Gasteiger partial charge >= 0.3 is 10.1 Å². The Morgan fingerprint density at radius 1 is 1.05 bits per heavy atom. The molecule has 4 nitrogen and oxygen atoms in total. The summed E-state index contributed by atoms with van der Waals surface area (Å²) in [6.45, 7) is 1.36. The van der Waals surface area contributed by atoms with Crippen molar-refractivity contribution < 1.29 is 17.4 Å². The largest absolute Gasteiger partial charge is 0.379 e. The van der Waals surface area contributed by atoms with E-state index in [-0.39, 0.29) is 31.5 Å². The van der Waals surface area contributed by atoms with Gasteiger partial charge < -0.3 is 4.18 Å². The second kappa shape index (κ2) is 6.46. The average molecular weight is 380 g/mol. The molecule has 0 aliphatic heterocycles. The van der Waals surface area contributed by atoms with Gasteiger partial charge in [0.15, 0.2) is 5.78 Å². The summed E-state index contributed by atoms with van der Waals surface area (Å²) in [4.78, 5) is 10.9. The van der Waals surface area contributed by atoms with Crippen molar-refractivity contribution in [3.8, 4) is 5.75 Å². The molecule has 0 bridgehead atoms. The Morgan fingerprint density at radius 3 is 2.18 bits per heavy atom. The fraction of sp³-hybridized carbons (Fsp3) is 0.0714. The Labute approximate surface area is 142 Å². The number of carbonyl (C=O) groups excluding carboxylic acids is 1. The molecule has 0 aromatic heterocycles. The molecule has 0 aliphatic carbocycles. The standard InChI is InChI=1S/C14H9Cl3O4S/c1-8(18)9-3-2-4-11(5-9)21-22(19,20)14-12(16)6-10(15)7-13(14)17/h2-7H,1H3. The van der Waals surface area contributed by atoms with E-state index in [1.807, 2.05) is 0 Å². The van der Waals surface area contributed by atoms with E-state index in [4.69, 9.17) is 39.0 Å². The second-order valence-corrected chi connectivity index (χ2v) is 7.05. The Balaban J connectivity index is 2.45. The molecule has 0 unspecified atom stereocenters. The normalized spacial score (nSPS) is 11.3. The minimum atomic E-state index is -4.27. The second-order valence-electron chi connectivity index (χ2n) is 4.32. The van der Waals surface area contributed by atoms with Crippen LogP contribution in [0.2, 0.25) is 15.1 Å². The predicted molar refractivity (Wildman–Crippen MR) is 85.7 cm³/mol. The molecule has 0 amide bonds. The number of rotatable bonds is 4. The van der Waals surface area contributed by atoms with Crippen molar-refractivity contribution in [2.45, 2.75) is 11.8 Å². The Hall–Kier alpha value is -1.27. The van der Waals surface area contributed by atoms with E-state index in [1.54, 1.807) is 6.07 Å². The smallest absolute Gasteiger partial charge is 0.342 e. The quantitative estimate of drug-likeness (QED) is 0.574. The number of benzene rings is 2. The van der Waals surface area contributed by atoms with Gasteiger partial charge in [-0.05, 0) is 31.2 Å². The van der Waals surface area contributed by atoms with Gasteiger partial charge in [0.1, 0.15) is 10.6 Å². The lowest BCUT2D eigenvalue weighted by atomic mass is 10.1. The summed E-state index contributed by atoms with van der Waals surface area (Å²) < 4.78 is 29.6. The summed E-state index contributed by atoms with van der Waals surface area (Å²) >= 11 is 17.5. The molecule has 116 valence electrons. The van der Waals surface area contributed by atoms with Crippen LogP contribution in [0, 0.1) is 0 Å². The number of hydrogen-bond acceptors (Lipinski definition) is 4. The molecule has 0 radical (unpaired) electrons. The van der Waals surface area contributed by atoms with Crippen LogP contribution in [0.25, 0.3) is 0 Å². The first-order valence-electron chi connectivity index (χ1n) is 5.91. The van der Waals surface area contributed by atoms with Crippen LogP contribution >= 0.6 is 34.8 Å². The molecule has 0 saturated heterocycles. The maximum absolute atomic E-state index is 12.3. The molecule has 0 aliphatic rings. The maximum Gasteiger partial charge on any atom is 0.342 e. The molecule has 8 heteroatoms. The maximum atomic E-state index is 12.3. The van der Waals surface area contributed by atoms with E-state index >= 15 is 0 Å². The highest BCUT2D eigenvalue weighted by Crippen LogP contribution is 2.34. The number of Topliss-reactive ketones (excluding diaryl/α,β-unsaturated/α-hetero) is 1. The van der Waals surface area contributed by atoms with Crippen molar-refractivity contribution in [1.82, 2.24) is 0 Å². The van der Waals surface area contributed by atoms with Crippen molar-refractivity contribution >= 4 is 50.7 Å². The van der Waals surface area contributed by atoms with Crippen LogP contribution in [-0.2, 0) is 10.1 Å². The summed E-state index contributed by atoms with van der Waals surface area (Å²) in [6, 6.07) is 8.27. The summed E-state index contributed by atoms with van der Waals surface area (Å²) in [5.74, 6) is -0.236. The third-order valence-corrected chi connectivity index (χ3v) is 5.05. The molecule has 0 spiro atoms. The first-order valence-corrected chi connectivity index (χ1v) is 8.45. The lowest BCUT2D eigenvalue weighted by molar-refractivity contribution is 0.101. The van der Waals surface area contributed by atoms with Crippen LogP contribution in [-0.4, -0.2) is 14.2 Å². The molecule has 0 heterocycles. The zero-order valence-electron chi connectivity index (χ0n) is 11.1. The molecule has 0 atom stereocenters. The fourth-order valence-electron chi connectivity index (χ4n) is 1.70. The summed E-state index contributed by atoms with van der Waals surface area (Å²) in [6.07, 6.45) is 0. The first kappa shape index (κ1) is 17.1. The van der Waals surface area contributed by atoms with Crippen molar-refractivity contribution in [3.05, 3.63) is 57.0 Å². The minimum Gasteiger partial charge on any atom is -0.379 e. The Morgan fingerprint density at radius 2 is 1.64 bits per heavy atom. The highest BCUT2D eigenvalue weighted by Gasteiger charge is 2.25. The predicted octanol–water partition coefficient (Wildman–Crippen LogP) is 4.62. The zero-order valence-corrected chi connectivity index (χ0v) is 14.2. The topological polar surface area (TPSA) is 60.4 Å². The minimum absolute atomic E-state index is 0.0187. The van der Waals surface area contributed by atoms with Crippen molar-refractivity contribution in [2.24, 2.45) is 0 Å². The van der Waals surface area contributed by atoms with E-state index < -0.39 is 10.1 Å².